The van der Waals surface area contributed by atoms with Crippen LogP contribution in [0.1, 0.15) is 24.7 Å². The van der Waals surface area contributed by atoms with Crippen LogP contribution in [0, 0.1) is 5.95 Å². The van der Waals surface area contributed by atoms with E-state index in [1.165, 1.54) is 13.1 Å². The first-order valence-corrected chi connectivity index (χ1v) is 4.77. The Morgan fingerprint density at radius 1 is 1.69 bits per heavy atom. The quantitative estimate of drug-likeness (QED) is 0.686. The van der Waals surface area contributed by atoms with Crippen LogP contribution in [-0.4, -0.2) is 10.1 Å². The minimum absolute atomic E-state index is 0.0178. The highest BCUT2D eigenvalue weighted by molar-refractivity contribution is 8.13. The number of pyridine rings is 1. The molecule has 70 valence electrons. The molecule has 0 aliphatic heterocycles. The zero-order chi connectivity index (χ0) is 9.84. The third-order valence-electron chi connectivity index (χ3n) is 1.57. The Hall–Kier alpha value is -0.900. The van der Waals surface area contributed by atoms with Gasteiger partial charge in [0, 0.05) is 23.9 Å². The molecule has 1 unspecified atom stereocenters. The van der Waals surface area contributed by atoms with Gasteiger partial charge in [0.05, 0.1) is 0 Å². The molecule has 0 bridgehead atoms. The second kappa shape index (κ2) is 4.37. The van der Waals surface area contributed by atoms with Crippen molar-refractivity contribution in [2.24, 2.45) is 0 Å². The molecule has 0 aliphatic carbocycles. The van der Waals surface area contributed by atoms with Gasteiger partial charge in [-0.15, -0.1) is 0 Å². The summed E-state index contributed by atoms with van der Waals surface area (Å²) >= 11 is 1.10. The Morgan fingerprint density at radius 3 is 2.92 bits per heavy atom. The number of hydrogen-bond donors (Lipinski definition) is 0. The van der Waals surface area contributed by atoms with Crippen LogP contribution in [0.4, 0.5) is 4.39 Å². The van der Waals surface area contributed by atoms with E-state index in [4.69, 9.17) is 0 Å². The fourth-order valence-electron chi connectivity index (χ4n) is 1.01. The maximum Gasteiger partial charge on any atom is 0.217 e. The highest BCUT2D eigenvalue weighted by Gasteiger charge is 2.13. The molecule has 1 rings (SSSR count). The number of hydrogen-bond acceptors (Lipinski definition) is 3. The summed E-state index contributed by atoms with van der Waals surface area (Å²) in [5, 5.41) is -0.193. The summed E-state index contributed by atoms with van der Waals surface area (Å²) in [5.74, 6) is -0.497. The van der Waals surface area contributed by atoms with E-state index in [9.17, 15) is 9.18 Å². The molecule has 1 aromatic rings. The predicted octanol–water partition coefficient (Wildman–Crippen LogP) is 2.56. The summed E-state index contributed by atoms with van der Waals surface area (Å²) in [5.41, 5.74) is 0.475. The Balaban J connectivity index is 2.82. The smallest absolute Gasteiger partial charge is 0.217 e. The van der Waals surface area contributed by atoms with Crippen molar-refractivity contribution in [1.29, 1.82) is 0 Å². The summed E-state index contributed by atoms with van der Waals surface area (Å²) in [6, 6.07) is 3.30. The molecule has 0 spiro atoms. The summed E-state index contributed by atoms with van der Waals surface area (Å²) in [6.07, 6.45) is 1.39. The average Bonchev–Trinajstić information content (AvgIpc) is 2.03. The van der Waals surface area contributed by atoms with Gasteiger partial charge in [0.2, 0.25) is 5.95 Å². The molecule has 0 amide bonds. The second-order valence-electron chi connectivity index (χ2n) is 2.64. The maximum absolute atomic E-state index is 13.1. The number of nitrogens with zero attached hydrogens (tertiary/aromatic N) is 1. The van der Waals surface area contributed by atoms with Crippen molar-refractivity contribution >= 4 is 16.9 Å². The van der Waals surface area contributed by atoms with Crippen LogP contribution in [0.2, 0.25) is 0 Å². The van der Waals surface area contributed by atoms with E-state index in [2.05, 4.69) is 4.98 Å². The number of carbonyl (C=O) groups excluding carboxylic acids is 1. The molecule has 0 aliphatic rings. The summed E-state index contributed by atoms with van der Waals surface area (Å²) in [4.78, 5) is 14.3. The molecule has 2 nitrogen and oxygen atoms in total. The lowest BCUT2D eigenvalue weighted by molar-refractivity contribution is -0.109. The lowest BCUT2D eigenvalue weighted by Crippen LogP contribution is -1.97. The van der Waals surface area contributed by atoms with Crippen LogP contribution in [0.3, 0.4) is 0 Å². The Bertz CT molecular complexity index is 316. The van der Waals surface area contributed by atoms with Crippen molar-refractivity contribution in [2.75, 3.05) is 0 Å². The zero-order valence-electron chi connectivity index (χ0n) is 7.45. The SMILES string of the molecule is CC(=O)SC(C)c1cccnc1F. The van der Waals surface area contributed by atoms with E-state index in [0.29, 0.717) is 5.56 Å². The van der Waals surface area contributed by atoms with Gasteiger partial charge in [-0.1, -0.05) is 17.8 Å². The van der Waals surface area contributed by atoms with Gasteiger partial charge in [0.1, 0.15) is 0 Å². The number of halogens is 1. The topological polar surface area (TPSA) is 30.0 Å². The first-order valence-electron chi connectivity index (χ1n) is 3.89. The Labute approximate surface area is 80.6 Å². The van der Waals surface area contributed by atoms with Crippen LogP contribution in [0.15, 0.2) is 18.3 Å². The van der Waals surface area contributed by atoms with Gasteiger partial charge in [0.15, 0.2) is 5.12 Å². The van der Waals surface area contributed by atoms with Gasteiger partial charge in [-0.3, -0.25) is 4.79 Å². The average molecular weight is 199 g/mol. The molecule has 0 radical (unpaired) electrons. The second-order valence-corrected chi connectivity index (χ2v) is 4.15. The van der Waals surface area contributed by atoms with Crippen molar-refractivity contribution in [3.05, 3.63) is 29.8 Å². The van der Waals surface area contributed by atoms with Crippen molar-refractivity contribution in [2.45, 2.75) is 19.1 Å². The minimum atomic E-state index is -0.497. The third kappa shape index (κ3) is 2.81. The summed E-state index contributed by atoms with van der Waals surface area (Å²) in [6.45, 7) is 3.25. The van der Waals surface area contributed by atoms with Gasteiger partial charge in [-0.25, -0.2) is 4.98 Å². The van der Waals surface area contributed by atoms with Gasteiger partial charge in [-0.05, 0) is 13.0 Å². The summed E-state index contributed by atoms with van der Waals surface area (Å²) < 4.78 is 13.1. The van der Waals surface area contributed by atoms with E-state index in [-0.39, 0.29) is 10.4 Å². The zero-order valence-corrected chi connectivity index (χ0v) is 8.27. The van der Waals surface area contributed by atoms with Crippen molar-refractivity contribution < 1.29 is 9.18 Å². The summed E-state index contributed by atoms with van der Waals surface area (Å²) in [7, 11) is 0. The molecule has 1 aromatic heterocycles. The molecule has 0 saturated heterocycles. The van der Waals surface area contributed by atoms with E-state index in [0.717, 1.165) is 11.8 Å². The molecule has 1 heterocycles. The number of aromatic nitrogens is 1. The monoisotopic (exact) mass is 199 g/mol. The number of thioether (sulfide) groups is 1. The maximum atomic E-state index is 13.1. The minimum Gasteiger partial charge on any atom is -0.288 e. The van der Waals surface area contributed by atoms with Gasteiger partial charge < -0.3 is 0 Å². The van der Waals surface area contributed by atoms with E-state index in [1.54, 1.807) is 19.1 Å². The van der Waals surface area contributed by atoms with Crippen molar-refractivity contribution in [3.63, 3.8) is 0 Å². The first-order chi connectivity index (χ1) is 6.11. The molecular formula is C9H10FNOS. The molecule has 1 atom stereocenters. The van der Waals surface area contributed by atoms with E-state index < -0.39 is 5.95 Å². The van der Waals surface area contributed by atoms with Crippen LogP contribution >= 0.6 is 11.8 Å². The highest BCUT2D eigenvalue weighted by atomic mass is 32.2. The lowest BCUT2D eigenvalue weighted by Gasteiger charge is -2.08. The number of rotatable bonds is 2. The van der Waals surface area contributed by atoms with Gasteiger partial charge in [-0.2, -0.15) is 4.39 Å². The predicted molar refractivity (Wildman–Crippen MR) is 50.9 cm³/mol. The normalized spacial score (nSPS) is 12.5. The highest BCUT2D eigenvalue weighted by Crippen LogP contribution is 2.29. The number of carbonyl (C=O) groups is 1. The van der Waals surface area contributed by atoms with Crippen LogP contribution < -0.4 is 0 Å². The van der Waals surface area contributed by atoms with Crippen molar-refractivity contribution in [1.82, 2.24) is 4.98 Å². The molecule has 13 heavy (non-hydrogen) atoms. The van der Waals surface area contributed by atoms with Gasteiger partial charge >= 0.3 is 0 Å². The molecular weight excluding hydrogens is 189 g/mol. The van der Waals surface area contributed by atoms with Crippen LogP contribution in [0.5, 0.6) is 0 Å². The van der Waals surface area contributed by atoms with Crippen LogP contribution in [-0.2, 0) is 4.79 Å². The third-order valence-corrected chi connectivity index (χ3v) is 2.51. The Kier molecular flexibility index (Phi) is 3.42. The van der Waals surface area contributed by atoms with E-state index >= 15 is 0 Å². The molecule has 0 N–H and O–H groups in total. The molecule has 4 heteroatoms. The fraction of sp³-hybridized carbons (Fsp3) is 0.333. The first kappa shape index (κ1) is 10.2. The molecule has 0 fully saturated rings. The van der Waals surface area contributed by atoms with E-state index in [1.807, 2.05) is 0 Å². The largest absolute Gasteiger partial charge is 0.288 e. The fourth-order valence-corrected chi connectivity index (χ4v) is 1.81. The Morgan fingerprint density at radius 2 is 2.38 bits per heavy atom. The molecule has 0 saturated carbocycles. The van der Waals surface area contributed by atoms with Crippen LogP contribution in [0.25, 0.3) is 0 Å². The van der Waals surface area contributed by atoms with Crippen molar-refractivity contribution in [3.8, 4) is 0 Å². The lowest BCUT2D eigenvalue weighted by atomic mass is 10.2. The standard InChI is InChI=1S/C9H10FNOS/c1-6(13-7(2)12)8-4-3-5-11-9(8)10/h3-6H,1-2H3. The van der Waals surface area contributed by atoms with Gasteiger partial charge in [0.25, 0.3) is 0 Å². The molecule has 0 aromatic carbocycles.